The third kappa shape index (κ3) is 2.91. The predicted molar refractivity (Wildman–Crippen MR) is 117 cm³/mol. The van der Waals surface area contributed by atoms with E-state index in [0.717, 1.165) is 33.1 Å². The highest BCUT2D eigenvalue weighted by molar-refractivity contribution is 7.18. The van der Waals surface area contributed by atoms with E-state index in [1.807, 2.05) is 41.3 Å². The molecule has 0 saturated heterocycles. The number of thiazole rings is 1. The van der Waals surface area contributed by atoms with E-state index >= 15 is 0 Å². The van der Waals surface area contributed by atoms with Crippen LogP contribution < -0.4 is 9.47 Å². The molecule has 0 radical (unpaired) electrons. The first kappa shape index (κ1) is 17.6. The van der Waals surface area contributed by atoms with Crippen molar-refractivity contribution in [1.82, 2.24) is 0 Å². The number of hydrogen-bond acceptors (Lipinski definition) is 3. The summed E-state index contributed by atoms with van der Waals surface area (Å²) in [6.45, 7) is -0.0715. The fourth-order valence-electron chi connectivity index (χ4n) is 3.98. The van der Waals surface area contributed by atoms with Crippen LogP contribution in [0.25, 0.3) is 21.9 Å². The fourth-order valence-corrected chi connectivity index (χ4v) is 5.07. The van der Waals surface area contributed by atoms with Crippen LogP contribution in [0.15, 0.2) is 72.8 Å². The smallest absolute Gasteiger partial charge is 0.323 e. The van der Waals surface area contributed by atoms with Gasteiger partial charge in [-0.05, 0) is 18.2 Å². The van der Waals surface area contributed by atoms with Crippen LogP contribution in [0.5, 0.6) is 0 Å². The molecular formula is C24H19N2O2S+. The minimum Gasteiger partial charge on any atom is -0.480 e. The molecule has 0 aliphatic carbocycles. The summed E-state index contributed by atoms with van der Waals surface area (Å²) in [6.07, 6.45) is 2.22. The first-order valence-corrected chi connectivity index (χ1v) is 10.2. The van der Waals surface area contributed by atoms with E-state index in [0.29, 0.717) is 0 Å². The highest BCUT2D eigenvalue weighted by Crippen LogP contribution is 2.45. The quantitative estimate of drug-likeness (QED) is 0.501. The zero-order chi connectivity index (χ0) is 20.0. The lowest BCUT2D eigenvalue weighted by atomic mass is 9.90. The molecule has 142 valence electrons. The molecule has 1 aliphatic heterocycles. The molecule has 0 saturated carbocycles. The Morgan fingerprint density at radius 3 is 2.17 bits per heavy atom. The minimum atomic E-state index is -0.849. The number of carboxylic acids is 1. The first-order chi connectivity index (χ1) is 14.1. The highest BCUT2D eigenvalue weighted by atomic mass is 32.1. The zero-order valence-electron chi connectivity index (χ0n) is 15.9. The molecule has 3 aromatic carbocycles. The predicted octanol–water partition coefficient (Wildman–Crippen LogP) is 4.85. The molecular weight excluding hydrogens is 380 g/mol. The van der Waals surface area contributed by atoms with E-state index in [-0.39, 0.29) is 6.54 Å². The van der Waals surface area contributed by atoms with Crippen molar-refractivity contribution in [1.29, 1.82) is 0 Å². The molecule has 0 bridgehead atoms. The summed E-state index contributed by atoms with van der Waals surface area (Å²) in [4.78, 5) is 13.4. The van der Waals surface area contributed by atoms with Gasteiger partial charge in [0.15, 0.2) is 0 Å². The Bertz CT molecular complexity index is 1240. The van der Waals surface area contributed by atoms with Crippen molar-refractivity contribution in [3.63, 3.8) is 0 Å². The average molecular weight is 399 g/mol. The Morgan fingerprint density at radius 1 is 0.966 bits per heavy atom. The van der Waals surface area contributed by atoms with Crippen molar-refractivity contribution < 1.29 is 14.5 Å². The standard InChI is InChI=1S/C24H18N2O2S/c1-25-21-12-6-7-13-22(21)29-23(25)14-18-16-8-2-4-10-19(16)26(15-24(27)28)20-11-5-3-9-17(18)20/h2-14H,15H2,1H3/p+1. The van der Waals surface area contributed by atoms with E-state index < -0.39 is 5.97 Å². The Labute approximate surface area is 172 Å². The number of anilines is 2. The van der Waals surface area contributed by atoms with Crippen LogP contribution in [0.4, 0.5) is 11.4 Å². The summed E-state index contributed by atoms with van der Waals surface area (Å²) in [6, 6.07) is 24.4. The summed E-state index contributed by atoms with van der Waals surface area (Å²) in [5.41, 5.74) is 6.25. The lowest BCUT2D eigenvalue weighted by molar-refractivity contribution is -0.642. The Morgan fingerprint density at radius 2 is 1.55 bits per heavy atom. The van der Waals surface area contributed by atoms with Gasteiger partial charge in [-0.15, -0.1) is 0 Å². The number of aryl methyl sites for hydroxylation is 1. The van der Waals surface area contributed by atoms with Crippen molar-refractivity contribution in [2.24, 2.45) is 7.05 Å². The molecule has 1 aromatic heterocycles. The van der Waals surface area contributed by atoms with Crippen molar-refractivity contribution >= 4 is 50.5 Å². The van der Waals surface area contributed by atoms with Gasteiger partial charge in [0.05, 0.1) is 0 Å². The van der Waals surface area contributed by atoms with Crippen molar-refractivity contribution in [2.75, 3.05) is 11.4 Å². The maximum absolute atomic E-state index is 11.5. The molecule has 0 fully saturated rings. The number of aromatic nitrogens is 1. The third-order valence-electron chi connectivity index (χ3n) is 5.30. The maximum atomic E-state index is 11.5. The number of rotatable bonds is 3. The lowest BCUT2D eigenvalue weighted by Gasteiger charge is -2.33. The number of nitrogens with zero attached hydrogens (tertiary/aromatic N) is 2. The third-order valence-corrected chi connectivity index (χ3v) is 6.47. The van der Waals surface area contributed by atoms with E-state index in [1.165, 1.54) is 10.2 Å². The second-order valence-electron chi connectivity index (χ2n) is 7.04. The van der Waals surface area contributed by atoms with Crippen LogP contribution >= 0.6 is 11.3 Å². The average Bonchev–Trinajstić information content (AvgIpc) is 3.06. The lowest BCUT2D eigenvalue weighted by Crippen LogP contribution is -2.30. The Hall–Kier alpha value is -3.44. The van der Waals surface area contributed by atoms with Crippen LogP contribution in [0.2, 0.25) is 0 Å². The topological polar surface area (TPSA) is 44.4 Å². The number of para-hydroxylation sites is 3. The number of carbonyl (C=O) groups is 1. The number of aliphatic carboxylic acids is 1. The number of hydrogen-bond donors (Lipinski definition) is 1. The first-order valence-electron chi connectivity index (χ1n) is 9.41. The second kappa shape index (κ2) is 6.87. The second-order valence-corrected chi connectivity index (χ2v) is 8.10. The van der Waals surface area contributed by atoms with E-state index in [4.69, 9.17) is 0 Å². The van der Waals surface area contributed by atoms with Crippen LogP contribution in [0.3, 0.4) is 0 Å². The van der Waals surface area contributed by atoms with Gasteiger partial charge >= 0.3 is 5.97 Å². The molecule has 0 unspecified atom stereocenters. The van der Waals surface area contributed by atoms with Crippen LogP contribution in [-0.4, -0.2) is 17.6 Å². The number of benzene rings is 3. The molecule has 0 spiro atoms. The van der Waals surface area contributed by atoms with Gasteiger partial charge in [0.2, 0.25) is 5.52 Å². The molecule has 5 rings (SSSR count). The molecule has 1 aliphatic rings. The summed E-state index contributed by atoms with van der Waals surface area (Å²) < 4.78 is 3.45. The molecule has 0 atom stereocenters. The van der Waals surface area contributed by atoms with Gasteiger partial charge in [0.1, 0.15) is 18.3 Å². The minimum absolute atomic E-state index is 0.0715. The van der Waals surface area contributed by atoms with E-state index in [2.05, 4.69) is 54.1 Å². The van der Waals surface area contributed by atoms with E-state index in [1.54, 1.807) is 11.3 Å². The Kier molecular flexibility index (Phi) is 4.18. The summed E-state index contributed by atoms with van der Waals surface area (Å²) in [5.74, 6) is -0.849. The van der Waals surface area contributed by atoms with Gasteiger partial charge < -0.3 is 10.0 Å². The molecule has 1 N–H and O–H groups in total. The molecule has 5 heteroatoms. The van der Waals surface area contributed by atoms with Gasteiger partial charge in [-0.2, -0.15) is 4.57 Å². The fraction of sp³-hybridized carbons (Fsp3) is 0.0833. The molecule has 4 nitrogen and oxygen atoms in total. The van der Waals surface area contributed by atoms with Crippen LogP contribution in [-0.2, 0) is 11.8 Å². The van der Waals surface area contributed by atoms with Crippen LogP contribution in [0, 0.1) is 0 Å². The van der Waals surface area contributed by atoms with E-state index in [9.17, 15) is 9.90 Å². The summed E-state index contributed by atoms with van der Waals surface area (Å²) >= 11 is 1.76. The molecule has 2 heterocycles. The largest absolute Gasteiger partial charge is 0.480 e. The summed E-state index contributed by atoms with van der Waals surface area (Å²) in [5, 5.41) is 10.6. The van der Waals surface area contributed by atoms with Crippen LogP contribution in [0.1, 0.15) is 16.1 Å². The van der Waals surface area contributed by atoms with Crippen molar-refractivity contribution in [3.05, 3.63) is 88.9 Å². The van der Waals surface area contributed by atoms with Crippen molar-refractivity contribution in [3.8, 4) is 0 Å². The number of carboxylic acid groups (broad SMARTS) is 1. The SMILES string of the molecule is C[n+]1c(C=C2c3ccccc3N(CC(=O)O)c3ccccc32)sc2ccccc21. The van der Waals surface area contributed by atoms with Gasteiger partial charge in [-0.1, -0.05) is 59.9 Å². The maximum Gasteiger partial charge on any atom is 0.323 e. The molecule has 4 aromatic rings. The highest BCUT2D eigenvalue weighted by Gasteiger charge is 2.28. The molecule has 29 heavy (non-hydrogen) atoms. The zero-order valence-corrected chi connectivity index (χ0v) is 16.7. The van der Waals surface area contributed by atoms with Crippen molar-refractivity contribution in [2.45, 2.75) is 0 Å². The van der Waals surface area contributed by atoms with Gasteiger partial charge in [0, 0.05) is 40.2 Å². The number of fused-ring (bicyclic) bond motifs is 3. The summed E-state index contributed by atoms with van der Waals surface area (Å²) in [7, 11) is 2.09. The molecule has 0 amide bonds. The monoisotopic (exact) mass is 399 g/mol. The Balaban J connectivity index is 1.76. The normalized spacial score (nSPS) is 12.6. The van der Waals surface area contributed by atoms with Gasteiger partial charge in [-0.25, -0.2) is 0 Å². The van der Waals surface area contributed by atoms with Gasteiger partial charge in [-0.3, -0.25) is 4.79 Å². The van der Waals surface area contributed by atoms with Gasteiger partial charge in [0.25, 0.3) is 5.01 Å².